The molecule has 0 radical (unpaired) electrons. The van der Waals surface area contributed by atoms with Gasteiger partial charge < -0.3 is 9.47 Å². The smallest absolute Gasteiger partial charge is 0.247 e. The van der Waals surface area contributed by atoms with Crippen LogP contribution in [0.25, 0.3) is 16.9 Å². The quantitative estimate of drug-likeness (QED) is 0.367. The van der Waals surface area contributed by atoms with Crippen molar-refractivity contribution in [1.82, 2.24) is 14.2 Å². The molecule has 1 aliphatic rings. The zero-order valence-electron chi connectivity index (χ0n) is 20.2. The largest absolute Gasteiger partial charge is 0.497 e. The number of para-hydroxylation sites is 1. The molecule has 0 fully saturated rings. The molecule has 8 nitrogen and oxygen atoms in total. The molecule has 0 aliphatic carbocycles. The van der Waals surface area contributed by atoms with Crippen molar-refractivity contribution in [2.45, 2.75) is 12.5 Å². The SMILES string of the molecule is COc1ccc([C@@H]2CC(c3cn(-c4ccccc4)nc3-c3cccc(OC)c3)=NN2S(C)(=O)=O)cc1. The fourth-order valence-corrected chi connectivity index (χ4v) is 5.22. The molecule has 0 bridgehead atoms. The molecule has 2 heterocycles. The third kappa shape index (κ3) is 4.57. The summed E-state index contributed by atoms with van der Waals surface area (Å²) in [6, 6.07) is 24.3. The summed E-state index contributed by atoms with van der Waals surface area (Å²) < 4.78 is 39.2. The summed E-state index contributed by atoms with van der Waals surface area (Å²) in [5, 5.41) is 9.49. The highest BCUT2D eigenvalue weighted by atomic mass is 32.2. The number of hydrogen-bond acceptors (Lipinski definition) is 6. The first kappa shape index (κ1) is 23.6. The Labute approximate surface area is 210 Å². The van der Waals surface area contributed by atoms with E-state index < -0.39 is 16.1 Å². The van der Waals surface area contributed by atoms with Crippen molar-refractivity contribution in [3.8, 4) is 28.4 Å². The molecule has 5 rings (SSSR count). The van der Waals surface area contributed by atoms with Gasteiger partial charge in [-0.05, 0) is 42.0 Å². The van der Waals surface area contributed by atoms with Crippen LogP contribution in [0, 0.1) is 0 Å². The monoisotopic (exact) mass is 502 g/mol. The van der Waals surface area contributed by atoms with Gasteiger partial charge in [-0.1, -0.05) is 42.5 Å². The summed E-state index contributed by atoms with van der Waals surface area (Å²) in [6.07, 6.45) is 3.48. The summed E-state index contributed by atoms with van der Waals surface area (Å²) in [5.41, 5.74) is 4.66. The average molecular weight is 503 g/mol. The minimum atomic E-state index is -3.62. The fourth-order valence-electron chi connectivity index (χ4n) is 4.31. The van der Waals surface area contributed by atoms with Crippen LogP contribution in [0.2, 0.25) is 0 Å². The van der Waals surface area contributed by atoms with Crippen LogP contribution in [0.15, 0.2) is 90.2 Å². The van der Waals surface area contributed by atoms with Crippen LogP contribution in [0.5, 0.6) is 11.5 Å². The van der Waals surface area contributed by atoms with Crippen LogP contribution >= 0.6 is 0 Å². The summed E-state index contributed by atoms with van der Waals surface area (Å²) in [6.45, 7) is 0. The third-order valence-corrected chi connectivity index (χ3v) is 7.12. The molecule has 36 heavy (non-hydrogen) atoms. The van der Waals surface area contributed by atoms with E-state index in [4.69, 9.17) is 14.6 Å². The number of nitrogens with zero attached hydrogens (tertiary/aromatic N) is 4. The summed E-state index contributed by atoms with van der Waals surface area (Å²) in [7, 11) is -0.408. The number of methoxy groups -OCH3 is 2. The lowest BCUT2D eigenvalue weighted by Gasteiger charge is -2.21. The van der Waals surface area contributed by atoms with Crippen molar-refractivity contribution >= 4 is 15.7 Å². The molecule has 0 saturated carbocycles. The second kappa shape index (κ2) is 9.50. The Balaban J connectivity index is 1.63. The standard InChI is InChI=1S/C27H26N4O4S/c1-34-22-14-12-19(13-15-22)26-17-25(28-31(26)36(3,32)33)24-18-30(21-9-5-4-6-10-21)29-27(24)20-8-7-11-23(16-20)35-2/h4-16,18,26H,17H2,1-3H3/t26-/m0/s1. The zero-order valence-corrected chi connectivity index (χ0v) is 21.0. The van der Waals surface area contributed by atoms with E-state index in [1.54, 1.807) is 18.9 Å². The van der Waals surface area contributed by atoms with Crippen LogP contribution in [0.3, 0.4) is 0 Å². The van der Waals surface area contributed by atoms with E-state index in [2.05, 4.69) is 5.10 Å². The maximum absolute atomic E-state index is 12.7. The van der Waals surface area contributed by atoms with Gasteiger partial charge in [0, 0.05) is 23.7 Å². The lowest BCUT2D eigenvalue weighted by molar-refractivity contribution is 0.374. The minimum absolute atomic E-state index is 0.400. The molecule has 1 atom stereocenters. The second-order valence-electron chi connectivity index (χ2n) is 8.48. The fraction of sp³-hybridized carbons (Fsp3) is 0.185. The first-order valence-electron chi connectivity index (χ1n) is 11.4. The van der Waals surface area contributed by atoms with Gasteiger partial charge >= 0.3 is 0 Å². The van der Waals surface area contributed by atoms with Gasteiger partial charge in [-0.15, -0.1) is 0 Å². The van der Waals surface area contributed by atoms with Gasteiger partial charge in [-0.2, -0.15) is 14.6 Å². The summed E-state index contributed by atoms with van der Waals surface area (Å²) in [5.74, 6) is 1.41. The van der Waals surface area contributed by atoms with Gasteiger partial charge in [-0.25, -0.2) is 13.1 Å². The van der Waals surface area contributed by atoms with Crippen LogP contribution in [0.4, 0.5) is 0 Å². The van der Waals surface area contributed by atoms with Crippen LogP contribution in [-0.2, 0) is 10.0 Å². The highest BCUT2D eigenvalue weighted by Gasteiger charge is 2.36. The van der Waals surface area contributed by atoms with E-state index in [9.17, 15) is 8.42 Å². The lowest BCUT2D eigenvalue weighted by Crippen LogP contribution is -2.25. The Morgan fingerprint density at radius 3 is 2.28 bits per heavy atom. The highest BCUT2D eigenvalue weighted by Crippen LogP contribution is 2.38. The number of ether oxygens (including phenoxy) is 2. The maximum Gasteiger partial charge on any atom is 0.247 e. The number of benzene rings is 3. The Morgan fingerprint density at radius 1 is 0.889 bits per heavy atom. The van der Waals surface area contributed by atoms with E-state index in [1.807, 2.05) is 85.1 Å². The average Bonchev–Trinajstić information content (AvgIpc) is 3.55. The minimum Gasteiger partial charge on any atom is -0.497 e. The zero-order chi connectivity index (χ0) is 25.3. The van der Waals surface area contributed by atoms with Gasteiger partial charge in [0.05, 0.1) is 37.9 Å². The van der Waals surface area contributed by atoms with E-state index >= 15 is 0 Å². The second-order valence-corrected chi connectivity index (χ2v) is 10.3. The van der Waals surface area contributed by atoms with Crippen molar-refractivity contribution < 1.29 is 17.9 Å². The van der Waals surface area contributed by atoms with Crippen molar-refractivity contribution in [2.75, 3.05) is 20.5 Å². The normalized spacial score (nSPS) is 15.6. The molecule has 0 spiro atoms. The molecular weight excluding hydrogens is 476 g/mol. The van der Waals surface area contributed by atoms with Crippen LogP contribution < -0.4 is 9.47 Å². The number of rotatable bonds is 7. The Hall–Kier alpha value is -4.11. The number of aromatic nitrogens is 2. The Kier molecular flexibility index (Phi) is 6.24. The van der Waals surface area contributed by atoms with Gasteiger partial charge in [0.1, 0.15) is 17.2 Å². The Bertz CT molecular complexity index is 1510. The predicted molar refractivity (Wildman–Crippen MR) is 139 cm³/mol. The molecule has 1 aliphatic heterocycles. The van der Waals surface area contributed by atoms with Crippen LogP contribution in [0.1, 0.15) is 23.6 Å². The molecule has 0 saturated heterocycles. The third-order valence-electron chi connectivity index (χ3n) is 6.10. The first-order valence-corrected chi connectivity index (χ1v) is 13.2. The number of sulfonamides is 1. The number of hydrazone groups is 1. The summed E-state index contributed by atoms with van der Waals surface area (Å²) >= 11 is 0. The van der Waals surface area contributed by atoms with Gasteiger partial charge in [0.25, 0.3) is 0 Å². The maximum atomic E-state index is 12.7. The molecule has 1 aromatic heterocycles. The topological polar surface area (TPSA) is 86.0 Å². The van der Waals surface area contributed by atoms with Crippen molar-refractivity contribution in [3.05, 3.63) is 96.2 Å². The van der Waals surface area contributed by atoms with Gasteiger partial charge in [-0.3, -0.25) is 0 Å². The van der Waals surface area contributed by atoms with Crippen molar-refractivity contribution in [1.29, 1.82) is 0 Å². The van der Waals surface area contributed by atoms with Gasteiger partial charge in [0.15, 0.2) is 0 Å². The van der Waals surface area contributed by atoms with E-state index in [0.717, 1.165) is 22.4 Å². The molecule has 3 aromatic carbocycles. The van der Waals surface area contributed by atoms with Gasteiger partial charge in [0.2, 0.25) is 10.0 Å². The molecule has 0 amide bonds. The van der Waals surface area contributed by atoms with Crippen molar-refractivity contribution in [3.63, 3.8) is 0 Å². The highest BCUT2D eigenvalue weighted by molar-refractivity contribution is 7.88. The van der Waals surface area contributed by atoms with Crippen LogP contribution in [-0.4, -0.2) is 48.8 Å². The molecule has 184 valence electrons. The van der Waals surface area contributed by atoms with E-state index in [-0.39, 0.29) is 0 Å². The first-order chi connectivity index (χ1) is 17.4. The molecule has 9 heteroatoms. The lowest BCUT2D eigenvalue weighted by atomic mass is 9.97. The predicted octanol–water partition coefficient (Wildman–Crippen LogP) is 4.67. The number of hydrogen-bond donors (Lipinski definition) is 0. The molecule has 0 unspecified atom stereocenters. The Morgan fingerprint density at radius 2 is 1.61 bits per heavy atom. The van der Waals surface area contributed by atoms with E-state index in [0.29, 0.717) is 29.3 Å². The van der Waals surface area contributed by atoms with E-state index in [1.165, 1.54) is 10.7 Å². The molecular formula is C27H26N4O4S. The molecule has 0 N–H and O–H groups in total. The summed E-state index contributed by atoms with van der Waals surface area (Å²) in [4.78, 5) is 0. The molecule has 4 aromatic rings. The van der Waals surface area contributed by atoms with Crippen molar-refractivity contribution in [2.24, 2.45) is 5.10 Å².